The summed E-state index contributed by atoms with van der Waals surface area (Å²) in [6.45, 7) is 4.56. The van der Waals surface area contributed by atoms with Crippen molar-refractivity contribution in [1.82, 2.24) is 9.80 Å². The molecule has 2 N–H and O–H groups in total. The number of hydrogen-bond acceptors (Lipinski definition) is 4. The molecule has 0 radical (unpaired) electrons. The quantitative estimate of drug-likeness (QED) is 0.686. The van der Waals surface area contributed by atoms with E-state index in [9.17, 15) is 0 Å². The van der Waals surface area contributed by atoms with E-state index in [1.807, 2.05) is 24.3 Å². The second kappa shape index (κ2) is 8.91. The molecule has 0 unspecified atom stereocenters. The Morgan fingerprint density at radius 3 is 2.58 bits per heavy atom. The van der Waals surface area contributed by atoms with Crippen molar-refractivity contribution in [1.29, 1.82) is 0 Å². The van der Waals surface area contributed by atoms with Crippen molar-refractivity contribution in [2.75, 3.05) is 47.4 Å². The Morgan fingerprint density at radius 1 is 1.11 bits per heavy atom. The van der Waals surface area contributed by atoms with E-state index in [0.29, 0.717) is 6.54 Å². The Bertz CT molecular complexity index is 355. The third-order valence-electron chi connectivity index (χ3n) is 3.02. The first kappa shape index (κ1) is 16.0. The Hall–Kier alpha value is -1.10. The highest BCUT2D eigenvalue weighted by atomic mass is 16.5. The van der Waals surface area contributed by atoms with Gasteiger partial charge in [0.25, 0.3) is 0 Å². The van der Waals surface area contributed by atoms with E-state index < -0.39 is 0 Å². The largest absolute Gasteiger partial charge is 0.494 e. The van der Waals surface area contributed by atoms with E-state index in [0.717, 1.165) is 44.0 Å². The summed E-state index contributed by atoms with van der Waals surface area (Å²) in [4.78, 5) is 4.53. The SMILES string of the molecule is CN(C)CCN(C)CCCOc1cccc(CN)c1. The molecule has 0 aliphatic heterocycles. The van der Waals surface area contributed by atoms with E-state index >= 15 is 0 Å². The number of nitrogens with two attached hydrogens (primary N) is 1. The third kappa shape index (κ3) is 7.15. The molecular weight excluding hydrogens is 238 g/mol. The van der Waals surface area contributed by atoms with Gasteiger partial charge in [-0.05, 0) is 45.3 Å². The minimum atomic E-state index is 0.560. The molecule has 4 heteroatoms. The van der Waals surface area contributed by atoms with Crippen LogP contribution in [0.15, 0.2) is 24.3 Å². The Balaban J connectivity index is 2.16. The summed E-state index contributed by atoms with van der Waals surface area (Å²) in [6.07, 6.45) is 1.04. The van der Waals surface area contributed by atoms with Gasteiger partial charge in [-0.1, -0.05) is 12.1 Å². The Labute approximate surface area is 117 Å². The highest BCUT2D eigenvalue weighted by molar-refractivity contribution is 5.28. The van der Waals surface area contributed by atoms with E-state index in [2.05, 4.69) is 30.9 Å². The molecule has 0 aliphatic carbocycles. The number of likely N-dealkylation sites (N-methyl/N-ethyl adjacent to an activating group) is 2. The van der Waals surface area contributed by atoms with E-state index in [4.69, 9.17) is 10.5 Å². The van der Waals surface area contributed by atoms with Gasteiger partial charge in [-0.2, -0.15) is 0 Å². The third-order valence-corrected chi connectivity index (χ3v) is 3.02. The molecule has 0 spiro atoms. The van der Waals surface area contributed by atoms with E-state index in [1.54, 1.807) is 0 Å². The molecule has 1 rings (SSSR count). The van der Waals surface area contributed by atoms with Gasteiger partial charge in [-0.15, -0.1) is 0 Å². The maximum atomic E-state index is 5.73. The lowest BCUT2D eigenvalue weighted by Crippen LogP contribution is -2.29. The zero-order chi connectivity index (χ0) is 14.1. The summed E-state index contributed by atoms with van der Waals surface area (Å²) in [5.41, 5.74) is 6.72. The summed E-state index contributed by atoms with van der Waals surface area (Å²) in [6, 6.07) is 7.99. The number of ether oxygens (including phenoxy) is 1. The van der Waals surface area contributed by atoms with Gasteiger partial charge in [0.1, 0.15) is 5.75 Å². The van der Waals surface area contributed by atoms with Crippen molar-refractivity contribution in [3.8, 4) is 5.75 Å². The van der Waals surface area contributed by atoms with Crippen molar-refractivity contribution in [2.24, 2.45) is 5.73 Å². The molecule has 0 saturated heterocycles. The van der Waals surface area contributed by atoms with Crippen LogP contribution in [0.4, 0.5) is 0 Å². The molecule has 0 saturated carbocycles. The fourth-order valence-electron chi connectivity index (χ4n) is 1.77. The molecule has 1 aromatic carbocycles. The molecule has 0 aliphatic rings. The van der Waals surface area contributed by atoms with Gasteiger partial charge < -0.3 is 20.3 Å². The number of nitrogens with zero attached hydrogens (tertiary/aromatic N) is 2. The molecule has 4 nitrogen and oxygen atoms in total. The minimum absolute atomic E-state index is 0.560. The van der Waals surface area contributed by atoms with Crippen LogP contribution >= 0.6 is 0 Å². The summed E-state index contributed by atoms with van der Waals surface area (Å²) in [7, 11) is 6.35. The fraction of sp³-hybridized carbons (Fsp3) is 0.600. The molecule has 0 fully saturated rings. The molecular formula is C15H27N3O. The molecule has 0 amide bonds. The van der Waals surface area contributed by atoms with Gasteiger partial charge in [0.05, 0.1) is 6.61 Å². The topological polar surface area (TPSA) is 41.7 Å². The first-order chi connectivity index (χ1) is 9.11. The molecule has 0 aromatic heterocycles. The molecule has 0 atom stereocenters. The summed E-state index contributed by atoms with van der Waals surface area (Å²) >= 11 is 0. The van der Waals surface area contributed by atoms with E-state index in [1.165, 1.54) is 0 Å². The van der Waals surface area contributed by atoms with E-state index in [-0.39, 0.29) is 0 Å². The number of hydrogen-bond donors (Lipinski definition) is 1. The van der Waals surface area contributed by atoms with Gasteiger partial charge in [-0.3, -0.25) is 0 Å². The smallest absolute Gasteiger partial charge is 0.119 e. The molecule has 108 valence electrons. The van der Waals surface area contributed by atoms with Crippen LogP contribution in [0.3, 0.4) is 0 Å². The van der Waals surface area contributed by atoms with Crippen LogP contribution in [0, 0.1) is 0 Å². The lowest BCUT2D eigenvalue weighted by Gasteiger charge is -2.19. The standard InChI is InChI=1S/C15H27N3O/c1-17(2)9-10-18(3)8-5-11-19-15-7-4-6-14(12-15)13-16/h4,6-7,12H,5,8-11,13,16H2,1-3H3. The molecule has 1 aromatic rings. The molecule has 19 heavy (non-hydrogen) atoms. The molecule has 0 bridgehead atoms. The minimum Gasteiger partial charge on any atom is -0.494 e. The highest BCUT2D eigenvalue weighted by Crippen LogP contribution is 2.12. The van der Waals surface area contributed by atoms with Crippen LogP contribution in [-0.2, 0) is 6.54 Å². The van der Waals surface area contributed by atoms with Crippen LogP contribution in [0.25, 0.3) is 0 Å². The Morgan fingerprint density at radius 2 is 1.89 bits per heavy atom. The van der Waals surface area contributed by atoms with Gasteiger partial charge in [0.2, 0.25) is 0 Å². The van der Waals surface area contributed by atoms with Crippen molar-refractivity contribution < 1.29 is 4.74 Å². The van der Waals surface area contributed by atoms with Crippen molar-refractivity contribution >= 4 is 0 Å². The van der Waals surface area contributed by atoms with Crippen LogP contribution in [-0.4, -0.2) is 57.2 Å². The Kier molecular flexibility index (Phi) is 7.48. The van der Waals surface area contributed by atoms with Crippen LogP contribution in [0.2, 0.25) is 0 Å². The first-order valence-electron chi connectivity index (χ1n) is 6.87. The summed E-state index contributed by atoms with van der Waals surface area (Å²) in [5.74, 6) is 0.916. The predicted molar refractivity (Wildman–Crippen MR) is 80.5 cm³/mol. The van der Waals surface area contributed by atoms with Crippen molar-refractivity contribution in [2.45, 2.75) is 13.0 Å². The summed E-state index contributed by atoms with van der Waals surface area (Å²) < 4.78 is 5.73. The number of benzene rings is 1. The number of rotatable bonds is 9. The normalized spacial score (nSPS) is 11.3. The second-order valence-corrected chi connectivity index (χ2v) is 5.16. The van der Waals surface area contributed by atoms with Crippen LogP contribution in [0.1, 0.15) is 12.0 Å². The second-order valence-electron chi connectivity index (χ2n) is 5.16. The average molecular weight is 265 g/mol. The maximum absolute atomic E-state index is 5.73. The highest BCUT2D eigenvalue weighted by Gasteiger charge is 2.00. The molecule has 0 heterocycles. The summed E-state index contributed by atoms with van der Waals surface area (Å²) in [5, 5.41) is 0. The first-order valence-corrected chi connectivity index (χ1v) is 6.87. The lowest BCUT2D eigenvalue weighted by atomic mass is 10.2. The van der Waals surface area contributed by atoms with Gasteiger partial charge in [0, 0.05) is 26.2 Å². The zero-order valence-electron chi connectivity index (χ0n) is 12.4. The van der Waals surface area contributed by atoms with Crippen LogP contribution < -0.4 is 10.5 Å². The maximum Gasteiger partial charge on any atom is 0.119 e. The zero-order valence-corrected chi connectivity index (χ0v) is 12.4. The fourth-order valence-corrected chi connectivity index (χ4v) is 1.77. The predicted octanol–water partition coefficient (Wildman–Crippen LogP) is 1.41. The van der Waals surface area contributed by atoms with Crippen molar-refractivity contribution in [3.05, 3.63) is 29.8 Å². The van der Waals surface area contributed by atoms with Gasteiger partial charge in [0.15, 0.2) is 0 Å². The van der Waals surface area contributed by atoms with Gasteiger partial charge in [-0.25, -0.2) is 0 Å². The van der Waals surface area contributed by atoms with Gasteiger partial charge >= 0.3 is 0 Å². The lowest BCUT2D eigenvalue weighted by molar-refractivity contribution is 0.245. The average Bonchev–Trinajstić information content (AvgIpc) is 2.41. The monoisotopic (exact) mass is 265 g/mol. The van der Waals surface area contributed by atoms with Crippen molar-refractivity contribution in [3.63, 3.8) is 0 Å². The van der Waals surface area contributed by atoms with Crippen LogP contribution in [0.5, 0.6) is 5.75 Å².